The topological polar surface area (TPSA) is 94.2 Å². The molecular formula is C30H45BrN2O6. The number of rotatable bonds is 17. The van der Waals surface area contributed by atoms with Crippen molar-refractivity contribution < 1.29 is 28.6 Å². The van der Waals surface area contributed by atoms with Crippen LogP contribution in [0.5, 0.6) is 5.75 Å². The maximum absolute atomic E-state index is 13.3. The first-order chi connectivity index (χ1) is 19.0. The minimum absolute atomic E-state index is 0.0932. The Bertz CT molecular complexity index is 921. The summed E-state index contributed by atoms with van der Waals surface area (Å²) in [6.45, 7) is 4.48. The van der Waals surface area contributed by atoms with Crippen LogP contribution < -0.4 is 10.1 Å². The van der Waals surface area contributed by atoms with E-state index in [0.29, 0.717) is 42.1 Å². The molecule has 1 aromatic rings. The number of carbonyl (C=O) groups excluding carboxylic acids is 3. The Morgan fingerprint density at radius 2 is 1.79 bits per heavy atom. The SMILES string of the molecule is CCCCCCCCCCCCOC(=O)CC1C(=O)NCCN1C(=O)c1ccc(OCC2CCCO2)c(Br)c1. The van der Waals surface area contributed by atoms with Gasteiger partial charge in [-0.25, -0.2) is 0 Å². The quantitative estimate of drug-likeness (QED) is 0.177. The van der Waals surface area contributed by atoms with E-state index in [1.807, 2.05) is 0 Å². The van der Waals surface area contributed by atoms with Crippen LogP contribution in [0.25, 0.3) is 0 Å². The predicted octanol–water partition coefficient (Wildman–Crippen LogP) is 5.80. The number of halogens is 1. The highest BCUT2D eigenvalue weighted by Gasteiger charge is 2.35. The van der Waals surface area contributed by atoms with Gasteiger partial charge in [0.15, 0.2) is 0 Å². The third-order valence-electron chi connectivity index (χ3n) is 7.34. The van der Waals surface area contributed by atoms with Gasteiger partial charge in [-0.15, -0.1) is 0 Å². The Morgan fingerprint density at radius 3 is 2.46 bits per heavy atom. The number of unbranched alkanes of at least 4 members (excludes halogenated alkanes) is 9. The highest BCUT2D eigenvalue weighted by molar-refractivity contribution is 9.10. The van der Waals surface area contributed by atoms with Gasteiger partial charge in [0.2, 0.25) is 5.91 Å². The van der Waals surface area contributed by atoms with Crippen LogP contribution >= 0.6 is 15.9 Å². The Hall–Kier alpha value is -2.13. The fraction of sp³-hybridized carbons (Fsp3) is 0.700. The Labute approximate surface area is 241 Å². The monoisotopic (exact) mass is 608 g/mol. The minimum Gasteiger partial charge on any atom is -0.490 e. The largest absolute Gasteiger partial charge is 0.490 e. The molecule has 0 spiro atoms. The van der Waals surface area contributed by atoms with Crippen LogP contribution in [0.2, 0.25) is 0 Å². The molecule has 2 fully saturated rings. The maximum atomic E-state index is 13.3. The number of hydrogen-bond acceptors (Lipinski definition) is 6. The zero-order valence-corrected chi connectivity index (χ0v) is 25.0. The lowest BCUT2D eigenvalue weighted by Gasteiger charge is -2.34. The van der Waals surface area contributed by atoms with Gasteiger partial charge in [-0.05, 0) is 53.4 Å². The molecule has 1 aromatic carbocycles. The maximum Gasteiger partial charge on any atom is 0.308 e. The van der Waals surface area contributed by atoms with Crippen LogP contribution in [0, 0.1) is 0 Å². The first kappa shape index (κ1) is 31.4. The molecule has 2 aliphatic heterocycles. The summed E-state index contributed by atoms with van der Waals surface area (Å²) in [4.78, 5) is 39.9. The van der Waals surface area contributed by atoms with E-state index in [0.717, 1.165) is 38.7 Å². The van der Waals surface area contributed by atoms with Crippen molar-refractivity contribution >= 4 is 33.7 Å². The van der Waals surface area contributed by atoms with Crippen molar-refractivity contribution in [2.45, 2.75) is 103 Å². The summed E-state index contributed by atoms with van der Waals surface area (Å²) in [5.74, 6) is -0.458. The van der Waals surface area contributed by atoms with Crippen molar-refractivity contribution in [3.8, 4) is 5.75 Å². The number of piperazine rings is 1. The molecular weight excluding hydrogens is 564 g/mol. The number of ether oxygens (including phenoxy) is 3. The number of hydrogen-bond donors (Lipinski definition) is 1. The molecule has 2 amide bonds. The van der Waals surface area contributed by atoms with E-state index in [1.54, 1.807) is 18.2 Å². The molecule has 9 heteroatoms. The molecule has 8 nitrogen and oxygen atoms in total. The number of amides is 2. The summed E-state index contributed by atoms with van der Waals surface area (Å²) in [6.07, 6.45) is 14.0. The van der Waals surface area contributed by atoms with Crippen LogP contribution in [0.3, 0.4) is 0 Å². The van der Waals surface area contributed by atoms with Gasteiger partial charge in [-0.1, -0.05) is 64.7 Å². The van der Waals surface area contributed by atoms with E-state index in [1.165, 1.54) is 49.8 Å². The number of carbonyl (C=O) groups is 3. The van der Waals surface area contributed by atoms with Crippen molar-refractivity contribution in [1.82, 2.24) is 10.2 Å². The van der Waals surface area contributed by atoms with Crippen molar-refractivity contribution in [2.24, 2.45) is 0 Å². The molecule has 2 aliphatic rings. The molecule has 2 atom stereocenters. The molecule has 218 valence electrons. The Kier molecular flexibility index (Phi) is 14.1. The van der Waals surface area contributed by atoms with E-state index >= 15 is 0 Å². The van der Waals surface area contributed by atoms with Crippen molar-refractivity contribution in [1.29, 1.82) is 0 Å². The summed E-state index contributed by atoms with van der Waals surface area (Å²) < 4.78 is 17.5. The van der Waals surface area contributed by atoms with Crippen molar-refractivity contribution in [2.75, 3.05) is 32.9 Å². The van der Waals surface area contributed by atoms with E-state index in [2.05, 4.69) is 28.2 Å². The lowest BCUT2D eigenvalue weighted by Crippen LogP contribution is -2.57. The smallest absolute Gasteiger partial charge is 0.308 e. The normalized spacial score (nSPS) is 19.1. The van der Waals surface area contributed by atoms with E-state index in [4.69, 9.17) is 14.2 Å². The van der Waals surface area contributed by atoms with Crippen LogP contribution in [0.15, 0.2) is 22.7 Å². The molecule has 39 heavy (non-hydrogen) atoms. The van der Waals surface area contributed by atoms with Gasteiger partial charge < -0.3 is 24.4 Å². The molecule has 2 unspecified atom stereocenters. The second-order valence-corrected chi connectivity index (χ2v) is 11.4. The average molecular weight is 610 g/mol. The van der Waals surface area contributed by atoms with Gasteiger partial charge in [0.25, 0.3) is 5.91 Å². The second-order valence-electron chi connectivity index (χ2n) is 10.5. The van der Waals surface area contributed by atoms with Gasteiger partial charge in [0.1, 0.15) is 18.4 Å². The van der Waals surface area contributed by atoms with Crippen LogP contribution in [0.1, 0.15) is 101 Å². The molecule has 0 radical (unpaired) electrons. The highest BCUT2D eigenvalue weighted by Crippen LogP contribution is 2.28. The van der Waals surface area contributed by atoms with E-state index < -0.39 is 12.0 Å². The molecule has 0 bridgehead atoms. The lowest BCUT2D eigenvalue weighted by molar-refractivity contribution is -0.147. The average Bonchev–Trinajstić information content (AvgIpc) is 3.45. The van der Waals surface area contributed by atoms with Gasteiger partial charge in [-0.3, -0.25) is 14.4 Å². The van der Waals surface area contributed by atoms with Crippen LogP contribution in [-0.4, -0.2) is 67.7 Å². The molecule has 0 aromatic heterocycles. The van der Waals surface area contributed by atoms with Crippen LogP contribution in [-0.2, 0) is 19.1 Å². The molecule has 0 aliphatic carbocycles. The first-order valence-corrected chi connectivity index (χ1v) is 15.6. The van der Waals surface area contributed by atoms with Gasteiger partial charge in [0, 0.05) is 25.3 Å². The van der Waals surface area contributed by atoms with Gasteiger partial charge >= 0.3 is 5.97 Å². The zero-order chi connectivity index (χ0) is 27.9. The predicted molar refractivity (Wildman–Crippen MR) is 154 cm³/mol. The third kappa shape index (κ3) is 10.7. The molecule has 3 rings (SSSR count). The summed E-state index contributed by atoms with van der Waals surface area (Å²) in [6, 6.07) is 4.23. The second kappa shape index (κ2) is 17.5. The summed E-state index contributed by atoms with van der Waals surface area (Å²) in [5, 5.41) is 2.77. The van der Waals surface area contributed by atoms with Gasteiger partial charge in [0.05, 0.1) is 23.6 Å². The van der Waals surface area contributed by atoms with Crippen LogP contribution in [0.4, 0.5) is 0 Å². The standard InChI is InChI=1S/C30H45BrN2O6/c1-2-3-4-5-6-7-8-9-10-11-18-38-28(34)21-26-29(35)32-16-17-33(26)30(36)23-14-15-27(25(31)20-23)39-22-24-13-12-19-37-24/h14-15,20,24,26H,2-13,16-19,21-22H2,1H3,(H,32,35). The molecule has 1 N–H and O–H groups in total. The van der Waals surface area contributed by atoms with E-state index in [-0.39, 0.29) is 24.3 Å². The molecule has 2 heterocycles. The summed E-state index contributed by atoms with van der Waals surface area (Å²) in [7, 11) is 0. The molecule has 2 saturated heterocycles. The lowest BCUT2D eigenvalue weighted by atomic mass is 10.1. The fourth-order valence-corrected chi connectivity index (χ4v) is 5.52. The molecule has 0 saturated carbocycles. The van der Waals surface area contributed by atoms with E-state index in [9.17, 15) is 14.4 Å². The Balaban J connectivity index is 1.41. The first-order valence-electron chi connectivity index (χ1n) is 14.8. The highest BCUT2D eigenvalue weighted by atomic mass is 79.9. The van der Waals surface area contributed by atoms with Crippen molar-refractivity contribution in [3.63, 3.8) is 0 Å². The summed E-state index contributed by atoms with van der Waals surface area (Å²) in [5.41, 5.74) is 0.421. The number of benzene rings is 1. The third-order valence-corrected chi connectivity index (χ3v) is 7.96. The number of nitrogens with one attached hydrogen (secondary N) is 1. The van der Waals surface area contributed by atoms with Gasteiger partial charge in [-0.2, -0.15) is 0 Å². The zero-order valence-electron chi connectivity index (χ0n) is 23.4. The minimum atomic E-state index is -0.888. The van der Waals surface area contributed by atoms with Crippen molar-refractivity contribution in [3.05, 3.63) is 28.2 Å². The Morgan fingerprint density at radius 1 is 1.08 bits per heavy atom. The fourth-order valence-electron chi connectivity index (χ4n) is 5.03. The number of esters is 1. The summed E-state index contributed by atoms with van der Waals surface area (Å²) >= 11 is 3.49. The number of nitrogens with zero attached hydrogens (tertiary/aromatic N) is 1.